The second-order valence-electron chi connectivity index (χ2n) is 10.7. The molecule has 1 saturated carbocycles. The molecule has 0 unspecified atom stereocenters. The molecule has 0 saturated heterocycles. The van der Waals surface area contributed by atoms with Gasteiger partial charge in [-0.1, -0.05) is 12.8 Å². The van der Waals surface area contributed by atoms with Gasteiger partial charge in [-0.05, 0) is 73.3 Å². The minimum atomic E-state index is 0.224. The van der Waals surface area contributed by atoms with Crippen LogP contribution in [0.2, 0.25) is 0 Å². The SMILES string of the molecule is c1cc2[nH]c(-c3n[nH]c4ccc(-c5cncc(CNCC6CCCC6)c5)nc34)nc2c(-c2ccc3c(c2)OCO3)n1. The van der Waals surface area contributed by atoms with Crippen LogP contribution in [-0.2, 0) is 6.54 Å². The maximum atomic E-state index is 5.57. The normalized spacial score (nSPS) is 14.9. The predicted molar refractivity (Wildman–Crippen MR) is 155 cm³/mol. The molecule has 10 heteroatoms. The van der Waals surface area contributed by atoms with Gasteiger partial charge in [0.05, 0.1) is 22.4 Å². The Morgan fingerprint density at radius 3 is 2.71 bits per heavy atom. The van der Waals surface area contributed by atoms with E-state index < -0.39 is 0 Å². The van der Waals surface area contributed by atoms with Crippen molar-refractivity contribution >= 4 is 22.1 Å². The Morgan fingerprint density at radius 2 is 1.76 bits per heavy atom. The zero-order valence-corrected chi connectivity index (χ0v) is 22.4. The number of imidazole rings is 1. The van der Waals surface area contributed by atoms with Crippen molar-refractivity contribution < 1.29 is 9.47 Å². The highest BCUT2D eigenvalue weighted by Crippen LogP contribution is 2.37. The molecular formula is C31H28N8O2. The predicted octanol–water partition coefficient (Wildman–Crippen LogP) is 5.63. The number of aromatic amines is 2. The van der Waals surface area contributed by atoms with Gasteiger partial charge in [-0.15, -0.1) is 0 Å². The number of ether oxygens (including phenoxy) is 2. The summed E-state index contributed by atoms with van der Waals surface area (Å²) in [5, 5.41) is 11.3. The van der Waals surface area contributed by atoms with E-state index in [0.29, 0.717) is 17.3 Å². The second kappa shape index (κ2) is 9.97. The lowest BCUT2D eigenvalue weighted by Crippen LogP contribution is -2.20. The van der Waals surface area contributed by atoms with Gasteiger partial charge >= 0.3 is 0 Å². The Labute approximate surface area is 235 Å². The van der Waals surface area contributed by atoms with Gasteiger partial charge in [0, 0.05) is 36.3 Å². The Balaban J connectivity index is 1.11. The minimum Gasteiger partial charge on any atom is -0.454 e. The molecule has 5 aromatic heterocycles. The zero-order valence-electron chi connectivity index (χ0n) is 22.4. The maximum absolute atomic E-state index is 5.57. The first-order valence-electron chi connectivity index (χ1n) is 14.0. The van der Waals surface area contributed by atoms with Gasteiger partial charge in [-0.3, -0.25) is 15.1 Å². The quantitative estimate of drug-likeness (QED) is 0.236. The Morgan fingerprint density at radius 1 is 0.854 bits per heavy atom. The number of aromatic nitrogens is 7. The van der Waals surface area contributed by atoms with Crippen molar-refractivity contribution in [3.63, 3.8) is 0 Å². The van der Waals surface area contributed by atoms with Gasteiger partial charge in [0.25, 0.3) is 0 Å². The average Bonchev–Trinajstić information content (AvgIpc) is 3.82. The Bertz CT molecular complexity index is 1890. The summed E-state index contributed by atoms with van der Waals surface area (Å²) in [6.07, 6.45) is 10.9. The number of fused-ring (bicyclic) bond motifs is 3. The van der Waals surface area contributed by atoms with Crippen LogP contribution in [0.4, 0.5) is 0 Å². The van der Waals surface area contributed by atoms with Gasteiger partial charge in [0.1, 0.15) is 11.0 Å². The van der Waals surface area contributed by atoms with Crippen LogP contribution in [0.15, 0.2) is 61.1 Å². The molecule has 3 N–H and O–H groups in total. The number of H-pyrrole nitrogens is 2. The first-order chi connectivity index (χ1) is 20.3. The van der Waals surface area contributed by atoms with Crippen molar-refractivity contribution in [1.82, 2.24) is 40.4 Å². The molecule has 1 aromatic carbocycles. The van der Waals surface area contributed by atoms with E-state index in [1.165, 1.54) is 25.7 Å². The van der Waals surface area contributed by atoms with Crippen molar-refractivity contribution in [2.75, 3.05) is 13.3 Å². The van der Waals surface area contributed by atoms with Crippen LogP contribution in [0.5, 0.6) is 11.5 Å². The molecule has 0 spiro atoms. The number of hydrogen-bond acceptors (Lipinski definition) is 8. The van der Waals surface area contributed by atoms with Crippen LogP contribution >= 0.6 is 0 Å². The maximum Gasteiger partial charge on any atom is 0.231 e. The molecule has 6 aromatic rings. The molecule has 1 fully saturated rings. The van der Waals surface area contributed by atoms with Crippen LogP contribution < -0.4 is 14.8 Å². The lowest BCUT2D eigenvalue weighted by Gasteiger charge is -2.11. The summed E-state index contributed by atoms with van der Waals surface area (Å²) in [5.41, 5.74) is 8.43. The van der Waals surface area contributed by atoms with Crippen molar-refractivity contribution in [1.29, 1.82) is 0 Å². The van der Waals surface area contributed by atoms with Gasteiger partial charge in [-0.25, -0.2) is 9.97 Å². The van der Waals surface area contributed by atoms with Gasteiger partial charge in [0.15, 0.2) is 23.0 Å². The highest BCUT2D eigenvalue weighted by molar-refractivity contribution is 5.95. The lowest BCUT2D eigenvalue weighted by molar-refractivity contribution is 0.174. The Kier molecular flexibility index (Phi) is 5.84. The van der Waals surface area contributed by atoms with E-state index in [4.69, 9.17) is 19.4 Å². The summed E-state index contributed by atoms with van der Waals surface area (Å²) in [6.45, 7) is 2.09. The molecule has 0 radical (unpaired) electrons. The van der Waals surface area contributed by atoms with E-state index >= 15 is 0 Å². The molecule has 6 heterocycles. The van der Waals surface area contributed by atoms with Gasteiger partial charge in [-0.2, -0.15) is 5.10 Å². The summed E-state index contributed by atoms with van der Waals surface area (Å²) < 4.78 is 11.0. The highest BCUT2D eigenvalue weighted by Gasteiger charge is 2.20. The van der Waals surface area contributed by atoms with E-state index in [-0.39, 0.29) is 6.79 Å². The standard InChI is InChI=1S/C31H28N8O2/c1-2-4-18(3-1)13-32-14-19-11-21(16-33-15-19)22-6-7-24-29(35-22)30(39-38-24)31-36-23-9-10-34-27(28(23)37-31)20-5-8-25-26(12-20)41-17-40-25/h5-12,15-16,18,32H,1-4,13-14,17H2,(H,36,37)(H,38,39). The second-order valence-corrected chi connectivity index (χ2v) is 10.7. The molecular weight excluding hydrogens is 516 g/mol. The molecule has 0 atom stereocenters. The molecule has 204 valence electrons. The van der Waals surface area contributed by atoms with Crippen LogP contribution in [-0.4, -0.2) is 48.5 Å². The third-order valence-electron chi connectivity index (χ3n) is 8.01. The van der Waals surface area contributed by atoms with Crippen LogP contribution in [0.3, 0.4) is 0 Å². The molecule has 1 aliphatic heterocycles. The summed E-state index contributed by atoms with van der Waals surface area (Å²) >= 11 is 0. The molecule has 41 heavy (non-hydrogen) atoms. The van der Waals surface area contributed by atoms with Crippen molar-refractivity contribution in [2.45, 2.75) is 32.2 Å². The zero-order chi connectivity index (χ0) is 27.2. The monoisotopic (exact) mass is 544 g/mol. The van der Waals surface area contributed by atoms with E-state index in [0.717, 1.165) is 74.9 Å². The van der Waals surface area contributed by atoms with E-state index in [2.05, 4.69) is 36.5 Å². The van der Waals surface area contributed by atoms with Crippen molar-refractivity contribution in [2.24, 2.45) is 5.92 Å². The lowest BCUT2D eigenvalue weighted by atomic mass is 10.1. The first kappa shape index (κ1) is 24.0. The summed E-state index contributed by atoms with van der Waals surface area (Å²) in [5.74, 6) is 2.86. The number of rotatable bonds is 7. The van der Waals surface area contributed by atoms with Crippen molar-refractivity contribution in [3.8, 4) is 45.5 Å². The fraction of sp³-hybridized carbons (Fsp3) is 0.258. The van der Waals surface area contributed by atoms with E-state index in [1.807, 2.05) is 48.8 Å². The smallest absolute Gasteiger partial charge is 0.231 e. The van der Waals surface area contributed by atoms with Gasteiger partial charge < -0.3 is 19.8 Å². The third kappa shape index (κ3) is 4.46. The fourth-order valence-electron chi connectivity index (χ4n) is 5.89. The highest BCUT2D eigenvalue weighted by atomic mass is 16.7. The molecule has 1 aliphatic carbocycles. The average molecular weight is 545 g/mol. The van der Waals surface area contributed by atoms with Crippen LogP contribution in [0.25, 0.3) is 56.1 Å². The van der Waals surface area contributed by atoms with Crippen molar-refractivity contribution in [3.05, 3.63) is 66.6 Å². The number of benzene rings is 1. The molecule has 0 bridgehead atoms. The molecule has 0 amide bonds. The fourth-order valence-corrected chi connectivity index (χ4v) is 5.89. The summed E-state index contributed by atoms with van der Waals surface area (Å²) in [7, 11) is 0. The first-order valence-corrected chi connectivity index (χ1v) is 14.0. The van der Waals surface area contributed by atoms with E-state index in [9.17, 15) is 0 Å². The number of nitrogens with zero attached hydrogens (tertiary/aromatic N) is 5. The third-order valence-corrected chi connectivity index (χ3v) is 8.01. The number of pyridine rings is 3. The van der Waals surface area contributed by atoms with Crippen LogP contribution in [0.1, 0.15) is 31.2 Å². The summed E-state index contributed by atoms with van der Waals surface area (Å²) in [6, 6.07) is 13.9. The molecule has 8 rings (SSSR count). The molecule has 2 aliphatic rings. The minimum absolute atomic E-state index is 0.224. The number of nitrogens with one attached hydrogen (secondary N) is 3. The Hall–Kier alpha value is -4.83. The number of hydrogen-bond donors (Lipinski definition) is 3. The molecule has 10 nitrogen and oxygen atoms in total. The van der Waals surface area contributed by atoms with Crippen LogP contribution in [0, 0.1) is 5.92 Å². The topological polar surface area (TPSA) is 127 Å². The summed E-state index contributed by atoms with van der Waals surface area (Å²) in [4.78, 5) is 22.5. The van der Waals surface area contributed by atoms with E-state index in [1.54, 1.807) is 6.20 Å². The largest absolute Gasteiger partial charge is 0.454 e. The van der Waals surface area contributed by atoms with Gasteiger partial charge in [0.2, 0.25) is 6.79 Å².